The van der Waals surface area contributed by atoms with Crippen LogP contribution in [-0.2, 0) is 5.54 Å². The summed E-state index contributed by atoms with van der Waals surface area (Å²) >= 11 is 0. The Kier molecular flexibility index (Phi) is 2.71. The first-order valence-corrected chi connectivity index (χ1v) is 7.81. The molecule has 0 spiro atoms. The summed E-state index contributed by atoms with van der Waals surface area (Å²) < 4.78 is 1.76. The van der Waals surface area contributed by atoms with Crippen molar-refractivity contribution in [2.75, 3.05) is 0 Å². The minimum Gasteiger partial charge on any atom is -0.323 e. The quantitative estimate of drug-likeness (QED) is 0.812. The third-order valence-electron chi connectivity index (χ3n) is 4.73. The Labute approximate surface area is 129 Å². The van der Waals surface area contributed by atoms with E-state index in [0.29, 0.717) is 5.69 Å². The van der Waals surface area contributed by atoms with Gasteiger partial charge in [-0.25, -0.2) is 4.68 Å². The van der Waals surface area contributed by atoms with Crippen LogP contribution >= 0.6 is 0 Å². The molecule has 5 heteroatoms. The SMILES string of the molecule is CC(C)(C)n1cc(C(=O)N2C3CCC2c2ccccc23)nn1. The van der Waals surface area contributed by atoms with Crippen molar-refractivity contribution < 1.29 is 4.79 Å². The molecule has 0 radical (unpaired) electrons. The van der Waals surface area contributed by atoms with E-state index in [1.54, 1.807) is 10.9 Å². The molecule has 2 aliphatic heterocycles. The van der Waals surface area contributed by atoms with Gasteiger partial charge in [0.2, 0.25) is 0 Å². The van der Waals surface area contributed by atoms with Gasteiger partial charge in [-0.1, -0.05) is 29.5 Å². The van der Waals surface area contributed by atoms with E-state index in [2.05, 4.69) is 34.6 Å². The highest BCUT2D eigenvalue weighted by molar-refractivity contribution is 5.93. The third-order valence-corrected chi connectivity index (χ3v) is 4.73. The summed E-state index contributed by atoms with van der Waals surface area (Å²) in [6.45, 7) is 6.14. The van der Waals surface area contributed by atoms with Gasteiger partial charge in [-0.15, -0.1) is 5.10 Å². The van der Waals surface area contributed by atoms with E-state index in [4.69, 9.17) is 0 Å². The molecule has 3 heterocycles. The third kappa shape index (κ3) is 1.81. The van der Waals surface area contributed by atoms with Gasteiger partial charge in [0.05, 0.1) is 23.8 Å². The fourth-order valence-corrected chi connectivity index (χ4v) is 3.64. The maximum absolute atomic E-state index is 12.9. The summed E-state index contributed by atoms with van der Waals surface area (Å²) in [5.41, 5.74) is 2.88. The summed E-state index contributed by atoms with van der Waals surface area (Å²) in [6, 6.07) is 8.80. The van der Waals surface area contributed by atoms with Gasteiger partial charge < -0.3 is 4.90 Å². The molecule has 2 unspecified atom stereocenters. The molecule has 0 saturated carbocycles. The largest absolute Gasteiger partial charge is 0.323 e. The zero-order valence-electron chi connectivity index (χ0n) is 13.2. The highest BCUT2D eigenvalue weighted by atomic mass is 16.2. The number of nitrogens with zero attached hydrogens (tertiary/aromatic N) is 4. The molecular formula is C17H20N4O. The van der Waals surface area contributed by atoms with E-state index >= 15 is 0 Å². The van der Waals surface area contributed by atoms with Crippen molar-refractivity contribution in [3.8, 4) is 0 Å². The van der Waals surface area contributed by atoms with Crippen molar-refractivity contribution in [2.45, 2.75) is 51.2 Å². The highest BCUT2D eigenvalue weighted by Crippen LogP contribution is 2.53. The number of hydrogen-bond acceptors (Lipinski definition) is 3. The average molecular weight is 296 g/mol. The lowest BCUT2D eigenvalue weighted by Gasteiger charge is -2.21. The average Bonchev–Trinajstić information content (AvgIpc) is 3.19. The molecule has 2 aliphatic rings. The number of hydrogen-bond donors (Lipinski definition) is 0. The van der Waals surface area contributed by atoms with Crippen LogP contribution in [0, 0.1) is 0 Å². The lowest BCUT2D eigenvalue weighted by molar-refractivity contribution is 0.0690. The molecule has 1 amide bonds. The summed E-state index contributed by atoms with van der Waals surface area (Å²) in [5.74, 6) is -0.000741. The van der Waals surface area contributed by atoms with E-state index < -0.39 is 0 Å². The van der Waals surface area contributed by atoms with E-state index in [1.807, 2.05) is 25.7 Å². The molecule has 1 fully saturated rings. The molecule has 5 nitrogen and oxygen atoms in total. The molecule has 4 rings (SSSR count). The van der Waals surface area contributed by atoms with Gasteiger partial charge in [-0.2, -0.15) is 0 Å². The first-order valence-electron chi connectivity index (χ1n) is 7.81. The predicted octanol–water partition coefficient (Wildman–Crippen LogP) is 3.07. The molecule has 2 bridgehead atoms. The maximum Gasteiger partial charge on any atom is 0.277 e. The Morgan fingerprint density at radius 1 is 1.14 bits per heavy atom. The minimum absolute atomic E-state index is 0.000741. The molecule has 22 heavy (non-hydrogen) atoms. The summed E-state index contributed by atoms with van der Waals surface area (Å²) in [5, 5.41) is 8.23. The van der Waals surface area contributed by atoms with E-state index in [-0.39, 0.29) is 23.5 Å². The first kappa shape index (κ1) is 13.5. The van der Waals surface area contributed by atoms with Gasteiger partial charge >= 0.3 is 0 Å². The summed E-state index contributed by atoms with van der Waals surface area (Å²) in [6.07, 6.45) is 3.85. The van der Waals surface area contributed by atoms with Gasteiger partial charge in [-0.3, -0.25) is 4.79 Å². The summed E-state index contributed by atoms with van der Waals surface area (Å²) in [7, 11) is 0. The smallest absolute Gasteiger partial charge is 0.277 e. The van der Waals surface area contributed by atoms with Crippen LogP contribution in [-0.4, -0.2) is 25.8 Å². The van der Waals surface area contributed by atoms with Crippen LogP contribution < -0.4 is 0 Å². The van der Waals surface area contributed by atoms with Crippen LogP contribution in [0.5, 0.6) is 0 Å². The topological polar surface area (TPSA) is 51.0 Å². The second-order valence-corrected chi connectivity index (χ2v) is 7.17. The number of aromatic nitrogens is 3. The molecule has 114 valence electrons. The van der Waals surface area contributed by atoms with Crippen molar-refractivity contribution in [1.82, 2.24) is 19.9 Å². The van der Waals surface area contributed by atoms with Crippen molar-refractivity contribution in [3.63, 3.8) is 0 Å². The van der Waals surface area contributed by atoms with Gasteiger partial charge in [0.1, 0.15) is 0 Å². The Morgan fingerprint density at radius 2 is 1.73 bits per heavy atom. The normalized spacial score (nSPS) is 23.0. The van der Waals surface area contributed by atoms with E-state index in [0.717, 1.165) is 12.8 Å². The first-order chi connectivity index (χ1) is 10.5. The fraction of sp³-hybridized carbons (Fsp3) is 0.471. The van der Waals surface area contributed by atoms with Crippen LogP contribution in [0.15, 0.2) is 30.5 Å². The molecule has 0 N–H and O–H groups in total. The number of benzene rings is 1. The Balaban J connectivity index is 1.67. The standard InChI is InChI=1S/C17H20N4O/c1-17(2,3)20-10-13(18-19-20)16(22)21-14-8-9-15(21)12-7-5-4-6-11(12)14/h4-7,10,14-15H,8-9H2,1-3H3. The number of rotatable bonds is 1. The molecular weight excluding hydrogens is 276 g/mol. The zero-order chi connectivity index (χ0) is 15.5. The maximum atomic E-state index is 12.9. The van der Waals surface area contributed by atoms with Crippen LogP contribution in [0.3, 0.4) is 0 Å². The Morgan fingerprint density at radius 3 is 2.23 bits per heavy atom. The van der Waals surface area contributed by atoms with Gasteiger partial charge in [0, 0.05) is 0 Å². The molecule has 1 saturated heterocycles. The van der Waals surface area contributed by atoms with Gasteiger partial charge in [-0.05, 0) is 44.7 Å². The van der Waals surface area contributed by atoms with Crippen molar-refractivity contribution in [1.29, 1.82) is 0 Å². The zero-order valence-corrected chi connectivity index (χ0v) is 13.2. The molecule has 1 aromatic carbocycles. The van der Waals surface area contributed by atoms with Crippen molar-refractivity contribution in [2.24, 2.45) is 0 Å². The molecule has 0 aliphatic carbocycles. The van der Waals surface area contributed by atoms with Crippen LogP contribution in [0.25, 0.3) is 0 Å². The number of fused-ring (bicyclic) bond motifs is 5. The number of amides is 1. The second kappa shape index (κ2) is 4.41. The minimum atomic E-state index is -0.168. The van der Waals surface area contributed by atoms with E-state index in [1.165, 1.54) is 11.1 Å². The number of carbonyl (C=O) groups excluding carboxylic acids is 1. The monoisotopic (exact) mass is 296 g/mol. The number of carbonyl (C=O) groups is 1. The Bertz CT molecular complexity index is 712. The second-order valence-electron chi connectivity index (χ2n) is 7.17. The molecule has 1 aromatic heterocycles. The predicted molar refractivity (Wildman–Crippen MR) is 82.3 cm³/mol. The van der Waals surface area contributed by atoms with Crippen LogP contribution in [0.2, 0.25) is 0 Å². The highest BCUT2D eigenvalue weighted by Gasteiger charge is 2.46. The lowest BCUT2D eigenvalue weighted by atomic mass is 9.92. The van der Waals surface area contributed by atoms with Crippen molar-refractivity contribution in [3.05, 3.63) is 47.3 Å². The van der Waals surface area contributed by atoms with Gasteiger partial charge in [0.15, 0.2) is 5.69 Å². The summed E-state index contributed by atoms with van der Waals surface area (Å²) in [4.78, 5) is 14.9. The van der Waals surface area contributed by atoms with Gasteiger partial charge in [0.25, 0.3) is 5.91 Å². The van der Waals surface area contributed by atoms with Crippen molar-refractivity contribution >= 4 is 5.91 Å². The van der Waals surface area contributed by atoms with Crippen LogP contribution in [0.4, 0.5) is 0 Å². The molecule has 2 atom stereocenters. The lowest BCUT2D eigenvalue weighted by Crippen LogP contribution is -2.28. The Hall–Kier alpha value is -2.17. The van der Waals surface area contributed by atoms with E-state index in [9.17, 15) is 4.79 Å². The fourth-order valence-electron chi connectivity index (χ4n) is 3.64. The van der Waals surface area contributed by atoms with Crippen LogP contribution in [0.1, 0.15) is 67.3 Å². The molecule has 2 aromatic rings.